The molecule has 0 aliphatic heterocycles. The van der Waals surface area contributed by atoms with Crippen LogP contribution >= 0.6 is 0 Å². The van der Waals surface area contributed by atoms with E-state index in [1.54, 1.807) is 19.1 Å². The maximum absolute atomic E-state index is 13.8. The number of aryl methyl sites for hydroxylation is 3. The Labute approximate surface area is 237 Å². The molecule has 1 unspecified atom stereocenters. The second-order valence-electron chi connectivity index (χ2n) is 10.3. The molecule has 0 bridgehead atoms. The summed E-state index contributed by atoms with van der Waals surface area (Å²) in [6.45, 7) is 7.96. The topological polar surface area (TPSA) is 97.6 Å². The Kier molecular flexibility index (Phi) is 10.6. The van der Waals surface area contributed by atoms with Crippen LogP contribution in [-0.2, 0) is 34.1 Å². The van der Waals surface area contributed by atoms with Crippen molar-refractivity contribution in [1.82, 2.24) is 10.6 Å². The lowest BCUT2D eigenvalue weighted by Crippen LogP contribution is -2.52. The molecule has 0 saturated heterocycles. The average molecular weight is 575 g/mol. The molecule has 222 valence electrons. The second kappa shape index (κ2) is 13.7. The zero-order valence-corrected chi connectivity index (χ0v) is 23.9. The highest BCUT2D eigenvalue weighted by atomic mass is 19.4. The van der Waals surface area contributed by atoms with Crippen molar-refractivity contribution in [1.29, 1.82) is 0 Å². The van der Waals surface area contributed by atoms with Crippen molar-refractivity contribution in [2.75, 3.05) is 13.2 Å². The van der Waals surface area contributed by atoms with Gasteiger partial charge in [-0.15, -0.1) is 0 Å². The van der Waals surface area contributed by atoms with Gasteiger partial charge in [-0.25, -0.2) is 4.79 Å². The zero-order chi connectivity index (χ0) is 30.2. The Morgan fingerprint density at radius 3 is 2.34 bits per heavy atom. The lowest BCUT2D eigenvalue weighted by molar-refractivity contribution is -0.136. The van der Waals surface area contributed by atoms with Crippen molar-refractivity contribution >= 4 is 23.3 Å². The Balaban J connectivity index is 1.74. The highest BCUT2D eigenvalue weighted by Crippen LogP contribution is 2.40. The van der Waals surface area contributed by atoms with Gasteiger partial charge in [0, 0.05) is 23.6 Å². The largest absolute Gasteiger partial charge is 0.493 e. The first kappa shape index (κ1) is 31.7. The van der Waals surface area contributed by atoms with Gasteiger partial charge in [-0.1, -0.05) is 56.5 Å². The number of benzene rings is 2. The molecule has 3 rings (SSSR count). The van der Waals surface area contributed by atoms with E-state index in [0.29, 0.717) is 80.0 Å². The van der Waals surface area contributed by atoms with Crippen LogP contribution in [0, 0.1) is 6.92 Å². The number of halogens is 3. The molecular weight excluding hydrogens is 537 g/mol. The van der Waals surface area contributed by atoms with E-state index in [9.17, 15) is 27.6 Å². The second-order valence-corrected chi connectivity index (χ2v) is 10.3. The summed E-state index contributed by atoms with van der Waals surface area (Å²) in [5.41, 5.74) is -0.632. The maximum Gasteiger partial charge on any atom is 0.417 e. The molecule has 2 aromatic carbocycles. The zero-order valence-electron chi connectivity index (χ0n) is 23.9. The predicted octanol–water partition coefficient (Wildman–Crippen LogP) is 5.96. The summed E-state index contributed by atoms with van der Waals surface area (Å²) in [5, 5.41) is 5.34. The van der Waals surface area contributed by atoms with E-state index in [1.165, 1.54) is 6.07 Å². The van der Waals surface area contributed by atoms with Crippen molar-refractivity contribution in [3.8, 4) is 5.75 Å². The van der Waals surface area contributed by atoms with Crippen LogP contribution in [0.5, 0.6) is 5.75 Å². The molecule has 1 heterocycles. The number of alkyl halides is 3. The number of hydrogen-bond acceptors (Lipinski definition) is 5. The third-order valence-electron chi connectivity index (χ3n) is 7.02. The first-order valence-electron chi connectivity index (χ1n) is 13.9. The SMILES string of the molecule is CCCc1cc2c(C(F)(F)F)cc(=O)oc2c(CCC)c1OCCCCNC(=O)C(C)(NC=O)c1ccc(C)cc1. The molecular formula is C31H37F3N2O5. The molecule has 41 heavy (non-hydrogen) atoms. The summed E-state index contributed by atoms with van der Waals surface area (Å²) in [6.07, 6.45) is -0.925. The normalized spacial score (nSPS) is 13.0. The fourth-order valence-corrected chi connectivity index (χ4v) is 4.82. The van der Waals surface area contributed by atoms with Crippen LogP contribution in [0.3, 0.4) is 0 Å². The number of unbranched alkanes of at least 4 members (excludes halogenated alkanes) is 1. The molecule has 10 heteroatoms. The van der Waals surface area contributed by atoms with Crippen molar-refractivity contribution in [2.45, 2.75) is 77.9 Å². The Morgan fingerprint density at radius 1 is 1.05 bits per heavy atom. The number of carbonyl (C=O) groups excluding carboxylic acids is 2. The lowest BCUT2D eigenvalue weighted by Gasteiger charge is -2.28. The van der Waals surface area contributed by atoms with Crippen molar-refractivity contribution in [2.24, 2.45) is 0 Å². The number of amides is 2. The minimum Gasteiger partial charge on any atom is -0.493 e. The molecule has 1 atom stereocenters. The Morgan fingerprint density at radius 2 is 1.73 bits per heavy atom. The summed E-state index contributed by atoms with van der Waals surface area (Å²) in [4.78, 5) is 36.3. The van der Waals surface area contributed by atoms with Crippen LogP contribution in [0.25, 0.3) is 11.0 Å². The van der Waals surface area contributed by atoms with Crippen molar-refractivity contribution in [3.05, 3.63) is 74.6 Å². The van der Waals surface area contributed by atoms with Gasteiger partial charge in [-0.2, -0.15) is 13.2 Å². The van der Waals surface area contributed by atoms with Gasteiger partial charge in [-0.3, -0.25) is 9.59 Å². The van der Waals surface area contributed by atoms with Gasteiger partial charge in [0.2, 0.25) is 12.3 Å². The third-order valence-corrected chi connectivity index (χ3v) is 7.02. The van der Waals surface area contributed by atoms with E-state index in [2.05, 4.69) is 10.6 Å². The van der Waals surface area contributed by atoms with E-state index in [0.717, 1.165) is 5.56 Å². The van der Waals surface area contributed by atoms with Gasteiger partial charge < -0.3 is 19.8 Å². The molecule has 2 N–H and O–H groups in total. The summed E-state index contributed by atoms with van der Waals surface area (Å²) in [5.74, 6) is 0.102. The predicted molar refractivity (Wildman–Crippen MR) is 151 cm³/mol. The highest BCUT2D eigenvalue weighted by molar-refractivity contribution is 5.89. The number of carbonyl (C=O) groups is 2. The highest BCUT2D eigenvalue weighted by Gasteiger charge is 2.36. The van der Waals surface area contributed by atoms with Crippen LogP contribution in [0.1, 0.15) is 74.3 Å². The van der Waals surface area contributed by atoms with Gasteiger partial charge in [0.1, 0.15) is 16.9 Å². The van der Waals surface area contributed by atoms with E-state index in [4.69, 9.17) is 9.15 Å². The first-order chi connectivity index (χ1) is 19.5. The molecule has 0 spiro atoms. The van der Waals surface area contributed by atoms with Gasteiger partial charge in [0.05, 0.1) is 12.2 Å². The lowest BCUT2D eigenvalue weighted by atomic mass is 9.90. The average Bonchev–Trinajstić information content (AvgIpc) is 2.91. The van der Waals surface area contributed by atoms with E-state index >= 15 is 0 Å². The number of nitrogens with one attached hydrogen (secondary N) is 2. The molecule has 1 aromatic heterocycles. The summed E-state index contributed by atoms with van der Waals surface area (Å²) < 4.78 is 52.8. The van der Waals surface area contributed by atoms with Crippen LogP contribution in [0.2, 0.25) is 0 Å². The van der Waals surface area contributed by atoms with Crippen molar-refractivity contribution < 1.29 is 31.9 Å². The summed E-state index contributed by atoms with van der Waals surface area (Å²) >= 11 is 0. The standard InChI is InChI=1S/C31H37F3N2O5/c1-5-9-21-17-24-25(31(32,33)34)18-26(38)41-28(24)23(10-6-2)27(21)40-16-8-7-15-35-29(39)30(4,36-19-37)22-13-11-20(3)12-14-22/h11-14,17-19H,5-10,15-16H2,1-4H3,(H,35,39)(H,36,37). The molecule has 2 amide bonds. The van der Waals surface area contributed by atoms with Crippen LogP contribution in [0.15, 0.2) is 45.6 Å². The summed E-state index contributed by atoms with van der Waals surface area (Å²) in [7, 11) is 0. The Bertz CT molecular complexity index is 1420. The number of rotatable bonds is 14. The van der Waals surface area contributed by atoms with Crippen molar-refractivity contribution in [3.63, 3.8) is 0 Å². The first-order valence-corrected chi connectivity index (χ1v) is 13.9. The number of hydrogen-bond donors (Lipinski definition) is 2. The maximum atomic E-state index is 13.8. The molecule has 0 saturated carbocycles. The van der Waals surface area contributed by atoms with Gasteiger partial charge in [-0.05, 0) is 56.7 Å². The number of fused-ring (bicyclic) bond motifs is 1. The fourth-order valence-electron chi connectivity index (χ4n) is 4.82. The fraction of sp³-hybridized carbons (Fsp3) is 0.452. The Hall–Kier alpha value is -3.82. The van der Waals surface area contributed by atoms with Crippen LogP contribution in [-0.4, -0.2) is 25.5 Å². The smallest absolute Gasteiger partial charge is 0.417 e. The van der Waals surface area contributed by atoms with E-state index < -0.39 is 22.9 Å². The van der Waals surface area contributed by atoms with E-state index in [-0.39, 0.29) is 23.5 Å². The van der Waals surface area contributed by atoms with Gasteiger partial charge in [0.25, 0.3) is 0 Å². The molecule has 7 nitrogen and oxygen atoms in total. The monoisotopic (exact) mass is 574 g/mol. The van der Waals surface area contributed by atoms with Gasteiger partial charge >= 0.3 is 11.8 Å². The van der Waals surface area contributed by atoms with Crippen LogP contribution in [0.4, 0.5) is 13.2 Å². The van der Waals surface area contributed by atoms with Crippen LogP contribution < -0.4 is 21.0 Å². The third kappa shape index (κ3) is 7.48. The van der Waals surface area contributed by atoms with E-state index in [1.807, 2.05) is 32.9 Å². The molecule has 0 aliphatic carbocycles. The van der Waals surface area contributed by atoms with Gasteiger partial charge in [0.15, 0.2) is 0 Å². The molecule has 0 aliphatic rings. The minimum atomic E-state index is -4.70. The molecule has 3 aromatic rings. The summed E-state index contributed by atoms with van der Waals surface area (Å²) in [6, 6.07) is 9.25. The quantitative estimate of drug-likeness (QED) is 0.141. The number of ether oxygens (including phenoxy) is 1. The molecule has 0 radical (unpaired) electrons. The molecule has 0 fully saturated rings. The minimum absolute atomic E-state index is 0.0909.